The maximum Gasteiger partial charge on any atom is 0.340 e. The zero-order valence-electron chi connectivity index (χ0n) is 20.9. The number of esters is 1. The molecule has 35 heavy (non-hydrogen) atoms. The van der Waals surface area contributed by atoms with Gasteiger partial charge in [0.15, 0.2) is 0 Å². The van der Waals surface area contributed by atoms with Crippen LogP contribution in [0.4, 0.5) is 11.6 Å². The van der Waals surface area contributed by atoms with Crippen molar-refractivity contribution in [3.8, 4) is 5.88 Å². The first-order valence-electron chi connectivity index (χ1n) is 12.0. The molecule has 186 valence electrons. The molecule has 0 radical (unpaired) electrons. The summed E-state index contributed by atoms with van der Waals surface area (Å²) in [6, 6.07) is 5.32. The Morgan fingerprint density at radius 2 is 2.00 bits per heavy atom. The molecule has 3 N–H and O–H groups in total. The van der Waals surface area contributed by atoms with E-state index in [1.54, 1.807) is 30.1 Å². The average Bonchev–Trinajstić information content (AvgIpc) is 2.85. The molecular formula is C26H33N5O3S. The lowest BCUT2D eigenvalue weighted by Gasteiger charge is -2.27. The van der Waals surface area contributed by atoms with Gasteiger partial charge in [0.25, 0.3) is 0 Å². The summed E-state index contributed by atoms with van der Waals surface area (Å²) < 4.78 is 11.6. The largest absolute Gasteiger partial charge is 0.474 e. The number of carbonyl (C=O) groups excluding carboxylic acids is 1. The number of anilines is 2. The van der Waals surface area contributed by atoms with Crippen LogP contribution in [0.3, 0.4) is 0 Å². The van der Waals surface area contributed by atoms with Crippen molar-refractivity contribution < 1.29 is 14.3 Å². The van der Waals surface area contributed by atoms with Crippen LogP contribution in [0, 0.1) is 0 Å². The third-order valence-electron chi connectivity index (χ3n) is 6.48. The smallest absolute Gasteiger partial charge is 0.340 e. The van der Waals surface area contributed by atoms with Crippen molar-refractivity contribution in [2.75, 3.05) is 17.3 Å². The minimum Gasteiger partial charge on any atom is -0.474 e. The van der Waals surface area contributed by atoms with Crippen molar-refractivity contribution in [1.29, 1.82) is 0 Å². The lowest BCUT2D eigenvalue weighted by molar-refractivity contribution is 0.0235. The van der Waals surface area contributed by atoms with E-state index in [1.165, 1.54) is 0 Å². The summed E-state index contributed by atoms with van der Waals surface area (Å²) in [6.45, 7) is 7.99. The molecule has 1 aliphatic rings. The Bertz CT molecular complexity index is 1220. The highest BCUT2D eigenvalue weighted by molar-refractivity contribution is 7.98. The van der Waals surface area contributed by atoms with Crippen LogP contribution in [-0.2, 0) is 4.74 Å². The minimum atomic E-state index is -0.335. The molecule has 0 aliphatic carbocycles. The lowest BCUT2D eigenvalue weighted by atomic mass is 9.94. The molecule has 3 aromatic heterocycles. The molecule has 4 atom stereocenters. The monoisotopic (exact) mass is 495 g/mol. The number of nitrogens with one attached hydrogen (secondary N) is 1. The van der Waals surface area contributed by atoms with Gasteiger partial charge in [-0.2, -0.15) is 11.8 Å². The fourth-order valence-corrected chi connectivity index (χ4v) is 4.66. The molecule has 0 saturated heterocycles. The molecule has 3 aromatic rings. The third-order valence-corrected chi connectivity index (χ3v) is 7.12. The molecule has 4 heterocycles. The Balaban J connectivity index is 1.68. The van der Waals surface area contributed by atoms with E-state index >= 15 is 0 Å². The number of rotatable bonds is 9. The summed E-state index contributed by atoms with van der Waals surface area (Å²) in [6.07, 6.45) is 7.20. The highest BCUT2D eigenvalue weighted by atomic mass is 32.2. The second-order valence-corrected chi connectivity index (χ2v) is 10.00. The molecule has 1 aliphatic heterocycles. The predicted molar refractivity (Wildman–Crippen MR) is 141 cm³/mol. The maximum atomic E-state index is 12.2. The number of nitrogens with zero attached hydrogens (tertiary/aromatic N) is 3. The van der Waals surface area contributed by atoms with Crippen molar-refractivity contribution in [3.05, 3.63) is 47.4 Å². The number of carbonyl (C=O) groups is 1. The summed E-state index contributed by atoms with van der Waals surface area (Å²) in [5.41, 5.74) is 8.60. The molecule has 4 unspecified atom stereocenters. The van der Waals surface area contributed by atoms with Crippen molar-refractivity contribution in [1.82, 2.24) is 15.0 Å². The topological polar surface area (TPSA) is 112 Å². The van der Waals surface area contributed by atoms with E-state index in [0.29, 0.717) is 23.1 Å². The molecule has 0 spiro atoms. The van der Waals surface area contributed by atoms with Crippen molar-refractivity contribution >= 4 is 40.1 Å². The quantitative estimate of drug-likeness (QED) is 0.379. The van der Waals surface area contributed by atoms with E-state index in [2.05, 4.69) is 35.4 Å². The van der Waals surface area contributed by atoms with E-state index in [9.17, 15) is 4.79 Å². The predicted octanol–water partition coefficient (Wildman–Crippen LogP) is 5.36. The third kappa shape index (κ3) is 5.36. The van der Waals surface area contributed by atoms with Gasteiger partial charge in [-0.05, 0) is 67.8 Å². The van der Waals surface area contributed by atoms with Crippen LogP contribution in [0.2, 0.25) is 0 Å². The van der Waals surface area contributed by atoms with Gasteiger partial charge in [0.2, 0.25) is 5.88 Å². The minimum absolute atomic E-state index is 0.00190. The highest BCUT2D eigenvalue weighted by Gasteiger charge is 2.31. The van der Waals surface area contributed by atoms with E-state index in [-0.39, 0.29) is 30.1 Å². The van der Waals surface area contributed by atoms with E-state index in [1.807, 2.05) is 26.1 Å². The van der Waals surface area contributed by atoms with E-state index in [4.69, 9.17) is 20.2 Å². The Morgan fingerprint density at radius 3 is 2.74 bits per heavy atom. The highest BCUT2D eigenvalue weighted by Crippen LogP contribution is 2.34. The fraction of sp³-hybridized carbons (Fsp3) is 0.462. The fourth-order valence-electron chi connectivity index (χ4n) is 4.10. The summed E-state index contributed by atoms with van der Waals surface area (Å²) in [7, 11) is 0. The second-order valence-electron chi connectivity index (χ2n) is 9.01. The van der Waals surface area contributed by atoms with Crippen LogP contribution >= 0.6 is 11.8 Å². The first-order valence-corrected chi connectivity index (χ1v) is 13.4. The van der Waals surface area contributed by atoms with Crippen molar-refractivity contribution in [3.63, 3.8) is 0 Å². The normalized spacial score (nSPS) is 19.1. The van der Waals surface area contributed by atoms with Gasteiger partial charge in [0.1, 0.15) is 17.7 Å². The van der Waals surface area contributed by atoms with Gasteiger partial charge in [-0.1, -0.05) is 13.8 Å². The van der Waals surface area contributed by atoms with Crippen LogP contribution in [0.15, 0.2) is 30.6 Å². The average molecular weight is 496 g/mol. The van der Waals surface area contributed by atoms with Gasteiger partial charge < -0.3 is 20.5 Å². The number of hydrogen-bond donors (Lipinski definition) is 2. The number of ether oxygens (including phenoxy) is 2. The molecular weight excluding hydrogens is 462 g/mol. The van der Waals surface area contributed by atoms with Gasteiger partial charge in [-0.3, -0.25) is 0 Å². The first kappa shape index (κ1) is 25.2. The SMILES string of the molecule is CCC(N)c1cnc(OC(C)CCSC)c2cnc(Nc3ccc4c(n3)C(C)C(C)OC4=O)cc12. The summed E-state index contributed by atoms with van der Waals surface area (Å²) in [5.74, 6) is 2.49. The molecule has 0 fully saturated rings. The molecule has 0 bridgehead atoms. The zero-order chi connectivity index (χ0) is 25.1. The number of thioether (sulfide) groups is 1. The van der Waals surface area contributed by atoms with Crippen LogP contribution in [0.25, 0.3) is 10.8 Å². The second kappa shape index (κ2) is 10.8. The van der Waals surface area contributed by atoms with Crippen molar-refractivity contribution in [2.24, 2.45) is 5.73 Å². The van der Waals surface area contributed by atoms with Crippen LogP contribution < -0.4 is 15.8 Å². The van der Waals surface area contributed by atoms with Crippen LogP contribution in [0.5, 0.6) is 5.88 Å². The van der Waals surface area contributed by atoms with Gasteiger partial charge in [0, 0.05) is 24.4 Å². The standard InChI is InChI=1S/C26H33N5O3S/c1-6-21(27)19-12-29-25(33-14(2)9-10-35-5)20-13-28-23(11-18(19)20)30-22-8-7-17-24(31-22)15(3)16(4)34-26(17)32/h7-8,11-16,21H,6,9-10,27H2,1-5H3,(H,28,30,31). The number of fused-ring (bicyclic) bond motifs is 2. The van der Waals surface area contributed by atoms with Crippen LogP contribution in [-0.4, -0.2) is 45.1 Å². The Labute approximate surface area is 210 Å². The van der Waals surface area contributed by atoms with Gasteiger partial charge in [-0.15, -0.1) is 0 Å². The molecule has 0 amide bonds. The zero-order valence-corrected chi connectivity index (χ0v) is 21.7. The van der Waals surface area contributed by atoms with Gasteiger partial charge in [0.05, 0.1) is 22.7 Å². The molecule has 9 heteroatoms. The number of nitrogens with two attached hydrogens (primary N) is 1. The van der Waals surface area contributed by atoms with Crippen LogP contribution in [0.1, 0.15) is 74.1 Å². The number of pyridine rings is 3. The summed E-state index contributed by atoms with van der Waals surface area (Å²) in [5, 5.41) is 5.07. The number of aromatic nitrogens is 3. The molecule has 0 aromatic carbocycles. The summed E-state index contributed by atoms with van der Waals surface area (Å²) in [4.78, 5) is 26.1. The maximum absolute atomic E-state index is 12.2. The Morgan fingerprint density at radius 1 is 1.20 bits per heavy atom. The number of cyclic esters (lactones) is 1. The number of hydrogen-bond acceptors (Lipinski definition) is 9. The first-order chi connectivity index (χ1) is 16.8. The Hall–Kier alpha value is -2.91. The Kier molecular flexibility index (Phi) is 7.76. The molecule has 0 saturated carbocycles. The van der Waals surface area contributed by atoms with E-state index < -0.39 is 0 Å². The lowest BCUT2D eigenvalue weighted by Crippen LogP contribution is -2.29. The summed E-state index contributed by atoms with van der Waals surface area (Å²) >= 11 is 1.80. The molecule has 8 nitrogen and oxygen atoms in total. The molecule has 4 rings (SSSR count). The van der Waals surface area contributed by atoms with Crippen molar-refractivity contribution in [2.45, 2.75) is 64.7 Å². The van der Waals surface area contributed by atoms with Gasteiger partial charge in [-0.25, -0.2) is 19.7 Å². The van der Waals surface area contributed by atoms with Gasteiger partial charge >= 0.3 is 5.97 Å². The van der Waals surface area contributed by atoms with E-state index in [0.717, 1.165) is 40.6 Å².